The molecule has 0 spiro atoms. The Morgan fingerprint density at radius 3 is 2.71 bits per heavy atom. The van der Waals surface area contributed by atoms with Gasteiger partial charge in [0.2, 0.25) is 0 Å². The number of hydrogen-bond acceptors (Lipinski definition) is 1. The largest absolute Gasteiger partial charge is 0.396 e. The van der Waals surface area contributed by atoms with E-state index in [1.807, 2.05) is 0 Å². The van der Waals surface area contributed by atoms with Gasteiger partial charge in [0.1, 0.15) is 0 Å². The summed E-state index contributed by atoms with van der Waals surface area (Å²) in [5.74, 6) is 1.24. The highest BCUT2D eigenvalue weighted by Gasteiger charge is 2.22. The maximum Gasteiger partial charge on any atom is 0.0459 e. The lowest BCUT2D eigenvalue weighted by Crippen LogP contribution is -2.15. The van der Waals surface area contributed by atoms with Gasteiger partial charge in [-0.3, -0.25) is 0 Å². The fourth-order valence-electron chi connectivity index (χ4n) is 2.98. The van der Waals surface area contributed by atoms with Crippen molar-refractivity contribution in [2.45, 2.75) is 31.6 Å². The predicted octanol–water partition coefficient (Wildman–Crippen LogP) is 3.21. The zero-order chi connectivity index (χ0) is 11.7. The van der Waals surface area contributed by atoms with Gasteiger partial charge >= 0.3 is 0 Å². The maximum atomic E-state index is 9.16. The Kier molecular flexibility index (Phi) is 2.89. The highest BCUT2D eigenvalue weighted by atomic mass is 16.3. The Labute approximate surface area is 102 Å². The van der Waals surface area contributed by atoms with Crippen molar-refractivity contribution in [1.82, 2.24) is 4.40 Å². The van der Waals surface area contributed by atoms with Crippen LogP contribution >= 0.6 is 0 Å². The molecule has 0 aromatic carbocycles. The van der Waals surface area contributed by atoms with Crippen LogP contribution in [-0.4, -0.2) is 16.1 Å². The van der Waals surface area contributed by atoms with E-state index in [1.165, 1.54) is 36.8 Å². The van der Waals surface area contributed by atoms with Crippen molar-refractivity contribution < 1.29 is 5.11 Å². The number of aromatic nitrogens is 1. The van der Waals surface area contributed by atoms with Crippen LogP contribution in [-0.2, 0) is 0 Å². The zero-order valence-corrected chi connectivity index (χ0v) is 10.0. The summed E-state index contributed by atoms with van der Waals surface area (Å²) in [6.07, 6.45) is 9.17. The first-order valence-corrected chi connectivity index (χ1v) is 6.54. The molecule has 2 heteroatoms. The average molecular weight is 229 g/mol. The molecule has 0 saturated heterocycles. The summed E-state index contributed by atoms with van der Waals surface area (Å²) in [4.78, 5) is 0. The van der Waals surface area contributed by atoms with Crippen LogP contribution in [0, 0.1) is 5.92 Å². The molecular formula is C15H19NO. The molecule has 1 N–H and O–H groups in total. The number of rotatable bonds is 2. The van der Waals surface area contributed by atoms with Gasteiger partial charge in [0.25, 0.3) is 0 Å². The summed E-state index contributed by atoms with van der Waals surface area (Å²) in [6.45, 7) is 0.366. The SMILES string of the molecule is OCC1CCC(c2cc3ccccn3c2)CC1. The summed E-state index contributed by atoms with van der Waals surface area (Å²) in [5, 5.41) is 9.16. The Balaban J connectivity index is 1.80. The zero-order valence-electron chi connectivity index (χ0n) is 10.0. The van der Waals surface area contributed by atoms with E-state index in [0.717, 1.165) is 0 Å². The molecule has 0 atom stereocenters. The molecule has 0 unspecified atom stereocenters. The summed E-state index contributed by atoms with van der Waals surface area (Å²) in [7, 11) is 0. The van der Waals surface area contributed by atoms with Crippen LogP contribution in [0.15, 0.2) is 36.7 Å². The summed E-state index contributed by atoms with van der Waals surface area (Å²) in [6, 6.07) is 8.62. The first kappa shape index (κ1) is 10.8. The molecule has 0 amide bonds. The monoisotopic (exact) mass is 229 g/mol. The van der Waals surface area contributed by atoms with E-state index in [4.69, 9.17) is 5.11 Å². The van der Waals surface area contributed by atoms with E-state index in [1.54, 1.807) is 0 Å². The lowest BCUT2D eigenvalue weighted by atomic mass is 9.80. The van der Waals surface area contributed by atoms with Crippen molar-refractivity contribution in [1.29, 1.82) is 0 Å². The summed E-state index contributed by atoms with van der Waals surface area (Å²) >= 11 is 0. The number of nitrogens with zero attached hydrogens (tertiary/aromatic N) is 1. The van der Waals surface area contributed by atoms with Crippen LogP contribution in [0.5, 0.6) is 0 Å². The van der Waals surface area contributed by atoms with E-state index >= 15 is 0 Å². The van der Waals surface area contributed by atoms with Gasteiger partial charge in [0, 0.05) is 24.5 Å². The van der Waals surface area contributed by atoms with Crippen molar-refractivity contribution in [3.63, 3.8) is 0 Å². The summed E-state index contributed by atoms with van der Waals surface area (Å²) in [5.41, 5.74) is 2.75. The third-order valence-electron chi connectivity index (χ3n) is 4.10. The van der Waals surface area contributed by atoms with Crippen LogP contribution in [0.2, 0.25) is 0 Å². The highest BCUT2D eigenvalue weighted by molar-refractivity contribution is 5.51. The second-order valence-corrected chi connectivity index (χ2v) is 5.21. The molecule has 1 fully saturated rings. The molecule has 1 aliphatic carbocycles. The van der Waals surface area contributed by atoms with Gasteiger partial charge in [-0.2, -0.15) is 0 Å². The third-order valence-corrected chi connectivity index (χ3v) is 4.10. The average Bonchev–Trinajstić information content (AvgIpc) is 2.82. The number of aliphatic hydroxyl groups is 1. The van der Waals surface area contributed by atoms with Crippen LogP contribution in [0.3, 0.4) is 0 Å². The van der Waals surface area contributed by atoms with Crippen LogP contribution in [0.25, 0.3) is 5.52 Å². The number of aliphatic hydroxyl groups excluding tert-OH is 1. The molecule has 2 nitrogen and oxygen atoms in total. The molecule has 0 bridgehead atoms. The highest BCUT2D eigenvalue weighted by Crippen LogP contribution is 2.36. The first-order valence-electron chi connectivity index (χ1n) is 6.54. The van der Waals surface area contributed by atoms with Crippen LogP contribution in [0.1, 0.15) is 37.2 Å². The first-order chi connectivity index (χ1) is 8.36. The van der Waals surface area contributed by atoms with E-state index in [9.17, 15) is 0 Å². The van der Waals surface area contributed by atoms with Crippen LogP contribution < -0.4 is 0 Å². The molecule has 0 radical (unpaired) electrons. The Bertz CT molecular complexity index is 461. The minimum Gasteiger partial charge on any atom is -0.396 e. The predicted molar refractivity (Wildman–Crippen MR) is 69.2 cm³/mol. The molecule has 2 heterocycles. The smallest absolute Gasteiger partial charge is 0.0459 e. The lowest BCUT2D eigenvalue weighted by Gasteiger charge is -2.26. The van der Waals surface area contributed by atoms with Gasteiger partial charge in [0.05, 0.1) is 0 Å². The molecule has 17 heavy (non-hydrogen) atoms. The fourth-order valence-corrected chi connectivity index (χ4v) is 2.98. The molecule has 2 aromatic rings. The van der Waals surface area contributed by atoms with Crippen molar-refractivity contribution in [3.05, 3.63) is 42.2 Å². The lowest BCUT2D eigenvalue weighted by molar-refractivity contribution is 0.182. The molecule has 90 valence electrons. The van der Waals surface area contributed by atoms with Gasteiger partial charge in [-0.05, 0) is 61.3 Å². The topological polar surface area (TPSA) is 24.6 Å². The van der Waals surface area contributed by atoms with E-state index in [2.05, 4.69) is 41.1 Å². The normalized spacial score (nSPS) is 25.2. The van der Waals surface area contributed by atoms with Gasteiger partial charge in [0.15, 0.2) is 0 Å². The minimum atomic E-state index is 0.366. The maximum absolute atomic E-state index is 9.16. The minimum absolute atomic E-state index is 0.366. The Morgan fingerprint density at radius 2 is 2.00 bits per heavy atom. The van der Waals surface area contributed by atoms with Crippen molar-refractivity contribution in [3.8, 4) is 0 Å². The van der Waals surface area contributed by atoms with Gasteiger partial charge in [-0.25, -0.2) is 0 Å². The van der Waals surface area contributed by atoms with E-state index in [-0.39, 0.29) is 0 Å². The summed E-state index contributed by atoms with van der Waals surface area (Å²) < 4.78 is 2.20. The molecule has 1 saturated carbocycles. The van der Waals surface area contributed by atoms with Crippen LogP contribution in [0.4, 0.5) is 0 Å². The number of hydrogen-bond donors (Lipinski definition) is 1. The quantitative estimate of drug-likeness (QED) is 0.840. The number of fused-ring (bicyclic) bond motifs is 1. The van der Waals surface area contributed by atoms with Crippen molar-refractivity contribution >= 4 is 5.52 Å². The standard InChI is InChI=1S/C15H19NO/c17-11-12-4-6-13(7-5-12)14-9-15-3-1-2-8-16(15)10-14/h1-3,8-10,12-13,17H,4-7,11H2. The second-order valence-electron chi connectivity index (χ2n) is 5.21. The van der Waals surface area contributed by atoms with E-state index in [0.29, 0.717) is 18.4 Å². The van der Waals surface area contributed by atoms with Crippen molar-refractivity contribution in [2.24, 2.45) is 5.92 Å². The number of pyridine rings is 1. The third kappa shape index (κ3) is 2.09. The Morgan fingerprint density at radius 1 is 1.18 bits per heavy atom. The molecule has 2 aromatic heterocycles. The van der Waals surface area contributed by atoms with Gasteiger partial charge in [-0.15, -0.1) is 0 Å². The Hall–Kier alpha value is -1.28. The molecule has 1 aliphatic rings. The van der Waals surface area contributed by atoms with Crippen molar-refractivity contribution in [2.75, 3.05) is 6.61 Å². The van der Waals surface area contributed by atoms with Gasteiger partial charge < -0.3 is 9.51 Å². The molecular weight excluding hydrogens is 210 g/mol. The molecule has 3 rings (SSSR count). The van der Waals surface area contributed by atoms with Gasteiger partial charge in [-0.1, -0.05) is 6.07 Å². The second kappa shape index (κ2) is 4.53. The van der Waals surface area contributed by atoms with E-state index < -0.39 is 0 Å². The molecule has 0 aliphatic heterocycles. The fraction of sp³-hybridized carbons (Fsp3) is 0.467.